The van der Waals surface area contributed by atoms with Gasteiger partial charge in [0.25, 0.3) is 0 Å². The lowest BCUT2D eigenvalue weighted by molar-refractivity contribution is -0.141. The van der Waals surface area contributed by atoms with Gasteiger partial charge in [-0.15, -0.1) is 0 Å². The van der Waals surface area contributed by atoms with Gasteiger partial charge in [-0.25, -0.2) is 4.79 Å². The molecule has 124 valence electrons. The molecule has 8 heteroatoms. The van der Waals surface area contributed by atoms with Crippen LogP contribution in [0.5, 0.6) is 0 Å². The Morgan fingerprint density at radius 1 is 1.27 bits per heavy atom. The standard InChI is InChI=1S/C14H20F3N3O2/c1-8(2)20-9-6-7-19(12(21)22-13(3,4)5)10(9)11(18-20)14(15,16)17/h8H,6-7H2,1-5H3. The van der Waals surface area contributed by atoms with Gasteiger partial charge in [-0.1, -0.05) is 0 Å². The molecule has 1 aliphatic rings. The van der Waals surface area contributed by atoms with E-state index in [0.29, 0.717) is 12.1 Å². The predicted octanol–water partition coefficient (Wildman–Crippen LogP) is 3.78. The summed E-state index contributed by atoms with van der Waals surface area (Å²) in [5.74, 6) is 0. The van der Waals surface area contributed by atoms with Gasteiger partial charge in [0.05, 0.1) is 5.69 Å². The SMILES string of the molecule is CC(C)n1nc(C(F)(F)F)c2c1CCN2C(=O)OC(C)(C)C. The van der Waals surface area contributed by atoms with Gasteiger partial charge in [0.2, 0.25) is 0 Å². The molecule has 1 aliphatic heterocycles. The maximum atomic E-state index is 13.2. The van der Waals surface area contributed by atoms with Crippen LogP contribution < -0.4 is 4.90 Å². The van der Waals surface area contributed by atoms with Gasteiger partial charge in [-0.2, -0.15) is 18.3 Å². The third kappa shape index (κ3) is 3.05. The summed E-state index contributed by atoms with van der Waals surface area (Å²) in [4.78, 5) is 13.2. The minimum Gasteiger partial charge on any atom is -0.443 e. The quantitative estimate of drug-likeness (QED) is 0.791. The van der Waals surface area contributed by atoms with Gasteiger partial charge < -0.3 is 4.74 Å². The van der Waals surface area contributed by atoms with Gasteiger partial charge >= 0.3 is 12.3 Å². The number of nitrogens with zero attached hydrogens (tertiary/aromatic N) is 3. The zero-order valence-electron chi connectivity index (χ0n) is 13.3. The number of alkyl halides is 3. The van der Waals surface area contributed by atoms with Gasteiger partial charge in [-0.3, -0.25) is 9.58 Å². The van der Waals surface area contributed by atoms with Crippen LogP contribution in [-0.4, -0.2) is 28.0 Å². The van der Waals surface area contributed by atoms with Crippen molar-refractivity contribution >= 4 is 11.8 Å². The summed E-state index contributed by atoms with van der Waals surface area (Å²) in [6.07, 6.45) is -5.06. The topological polar surface area (TPSA) is 47.4 Å². The van der Waals surface area contributed by atoms with E-state index in [1.54, 1.807) is 34.6 Å². The number of carbonyl (C=O) groups excluding carboxylic acids is 1. The molecule has 0 saturated carbocycles. The zero-order chi connectivity index (χ0) is 16.9. The van der Waals surface area contributed by atoms with Crippen molar-refractivity contribution in [2.24, 2.45) is 0 Å². The number of hydrogen-bond acceptors (Lipinski definition) is 3. The van der Waals surface area contributed by atoms with Gasteiger partial charge in [0, 0.05) is 19.0 Å². The maximum Gasteiger partial charge on any atom is 0.437 e. The van der Waals surface area contributed by atoms with Crippen LogP contribution in [0.25, 0.3) is 0 Å². The zero-order valence-corrected chi connectivity index (χ0v) is 13.3. The first-order valence-corrected chi connectivity index (χ1v) is 7.11. The molecule has 0 fully saturated rings. The Bertz CT molecular complexity index is 585. The van der Waals surface area contributed by atoms with E-state index >= 15 is 0 Å². The van der Waals surface area contributed by atoms with Crippen molar-refractivity contribution < 1.29 is 22.7 Å². The lowest BCUT2D eigenvalue weighted by Crippen LogP contribution is -2.36. The highest BCUT2D eigenvalue weighted by atomic mass is 19.4. The van der Waals surface area contributed by atoms with Crippen LogP contribution in [0.1, 0.15) is 52.0 Å². The van der Waals surface area contributed by atoms with Crippen LogP contribution in [0.15, 0.2) is 0 Å². The summed E-state index contributed by atoms with van der Waals surface area (Å²) in [7, 11) is 0. The minimum absolute atomic E-state index is 0.165. The molecular weight excluding hydrogens is 299 g/mol. The molecular formula is C14H20F3N3O2. The predicted molar refractivity (Wildman–Crippen MR) is 74.9 cm³/mol. The van der Waals surface area contributed by atoms with Gasteiger partial charge in [-0.05, 0) is 34.6 Å². The van der Waals surface area contributed by atoms with Crippen LogP contribution >= 0.6 is 0 Å². The van der Waals surface area contributed by atoms with Gasteiger partial charge in [0.15, 0.2) is 5.69 Å². The van der Waals surface area contributed by atoms with Crippen molar-refractivity contribution in [1.29, 1.82) is 0 Å². The summed E-state index contributed by atoms with van der Waals surface area (Å²) < 4.78 is 46.3. The van der Waals surface area contributed by atoms with Crippen molar-refractivity contribution in [3.8, 4) is 0 Å². The highest BCUT2D eigenvalue weighted by Crippen LogP contribution is 2.42. The first kappa shape index (κ1) is 16.6. The summed E-state index contributed by atoms with van der Waals surface area (Å²) in [6, 6.07) is -0.219. The molecule has 0 aromatic carbocycles. The Balaban J connectivity index is 2.47. The van der Waals surface area contributed by atoms with E-state index in [0.717, 1.165) is 4.90 Å². The second kappa shape index (κ2) is 5.17. The van der Waals surface area contributed by atoms with E-state index < -0.39 is 23.6 Å². The van der Waals surface area contributed by atoms with Crippen LogP contribution in [0.3, 0.4) is 0 Å². The highest BCUT2D eigenvalue weighted by Gasteiger charge is 2.45. The van der Waals surface area contributed by atoms with Crippen LogP contribution in [0.2, 0.25) is 0 Å². The van der Waals surface area contributed by atoms with E-state index in [-0.39, 0.29) is 18.3 Å². The summed E-state index contributed by atoms with van der Waals surface area (Å²) in [5, 5.41) is 3.67. The fourth-order valence-electron chi connectivity index (χ4n) is 2.42. The van der Waals surface area contributed by atoms with Crippen LogP contribution in [-0.2, 0) is 17.3 Å². The van der Waals surface area contributed by atoms with E-state index in [1.807, 2.05) is 0 Å². The molecule has 1 amide bonds. The second-order valence-corrected chi connectivity index (χ2v) is 6.56. The first-order chi connectivity index (χ1) is 9.92. The molecule has 1 aromatic heterocycles. The Kier molecular flexibility index (Phi) is 3.91. The Hall–Kier alpha value is -1.73. The van der Waals surface area contributed by atoms with E-state index in [4.69, 9.17) is 4.74 Å². The van der Waals surface area contributed by atoms with Crippen molar-refractivity contribution in [3.05, 3.63) is 11.4 Å². The van der Waals surface area contributed by atoms with Crippen molar-refractivity contribution in [3.63, 3.8) is 0 Å². The van der Waals surface area contributed by atoms with E-state index in [1.165, 1.54) is 4.68 Å². The number of carbonyl (C=O) groups is 1. The lowest BCUT2D eigenvalue weighted by Gasteiger charge is -2.24. The number of hydrogen-bond donors (Lipinski definition) is 0. The number of aromatic nitrogens is 2. The molecule has 0 N–H and O–H groups in total. The molecule has 22 heavy (non-hydrogen) atoms. The Morgan fingerprint density at radius 2 is 1.86 bits per heavy atom. The largest absolute Gasteiger partial charge is 0.443 e. The van der Waals surface area contributed by atoms with Crippen LogP contribution in [0.4, 0.5) is 23.7 Å². The van der Waals surface area contributed by atoms with Crippen molar-refractivity contribution in [2.75, 3.05) is 11.4 Å². The molecule has 0 bridgehead atoms. The summed E-state index contributed by atoms with van der Waals surface area (Å²) in [5.41, 5.74) is -1.55. The maximum absolute atomic E-state index is 13.2. The number of anilines is 1. The third-order valence-electron chi connectivity index (χ3n) is 3.20. The number of amides is 1. The molecule has 2 heterocycles. The minimum atomic E-state index is -4.62. The molecule has 0 radical (unpaired) electrons. The first-order valence-electron chi connectivity index (χ1n) is 7.11. The number of rotatable bonds is 1. The van der Waals surface area contributed by atoms with Crippen molar-refractivity contribution in [1.82, 2.24) is 9.78 Å². The monoisotopic (exact) mass is 319 g/mol. The van der Waals surface area contributed by atoms with Crippen LogP contribution in [0, 0.1) is 0 Å². The molecule has 2 rings (SSSR count). The van der Waals surface area contributed by atoms with Crippen molar-refractivity contribution in [2.45, 2.75) is 58.9 Å². The smallest absolute Gasteiger partial charge is 0.437 e. The summed E-state index contributed by atoms with van der Waals surface area (Å²) in [6.45, 7) is 8.68. The number of fused-ring (bicyclic) bond motifs is 1. The van der Waals surface area contributed by atoms with E-state index in [2.05, 4.69) is 5.10 Å². The molecule has 0 unspecified atom stereocenters. The molecule has 0 aliphatic carbocycles. The molecule has 5 nitrogen and oxygen atoms in total. The fraction of sp³-hybridized carbons (Fsp3) is 0.714. The number of ether oxygens (including phenoxy) is 1. The summed E-state index contributed by atoms with van der Waals surface area (Å²) >= 11 is 0. The molecule has 0 spiro atoms. The second-order valence-electron chi connectivity index (χ2n) is 6.56. The fourth-order valence-corrected chi connectivity index (χ4v) is 2.42. The number of halogens is 3. The molecule has 0 atom stereocenters. The Labute approximate surface area is 127 Å². The van der Waals surface area contributed by atoms with Gasteiger partial charge in [0.1, 0.15) is 11.3 Å². The Morgan fingerprint density at radius 3 is 2.32 bits per heavy atom. The molecule has 1 aromatic rings. The highest BCUT2D eigenvalue weighted by molar-refractivity contribution is 5.91. The molecule has 0 saturated heterocycles. The average molecular weight is 319 g/mol. The average Bonchev–Trinajstić information content (AvgIpc) is 2.81. The third-order valence-corrected chi connectivity index (χ3v) is 3.20. The lowest BCUT2D eigenvalue weighted by atomic mass is 10.2. The normalized spacial score (nSPS) is 15.4. The van der Waals surface area contributed by atoms with E-state index in [9.17, 15) is 18.0 Å².